The van der Waals surface area contributed by atoms with Crippen LogP contribution in [0.25, 0.3) is 0 Å². The third-order valence-electron chi connectivity index (χ3n) is 3.54. The van der Waals surface area contributed by atoms with E-state index in [-0.39, 0.29) is 12.2 Å². The van der Waals surface area contributed by atoms with E-state index >= 15 is 0 Å². The molecule has 0 aliphatic carbocycles. The number of rotatable bonds is 14. The first-order chi connectivity index (χ1) is 9.91. The minimum absolute atomic E-state index is 0.148. The molecule has 21 heavy (non-hydrogen) atoms. The average Bonchev–Trinajstić information content (AvgIpc) is 2.38. The van der Waals surface area contributed by atoms with Gasteiger partial charge in [-0.2, -0.15) is 4.20 Å². The van der Waals surface area contributed by atoms with Gasteiger partial charge in [0, 0.05) is 0 Å². The molecule has 2 nitrogen and oxygen atoms in total. The Kier molecular flexibility index (Phi) is 13.3. The van der Waals surface area contributed by atoms with Crippen molar-refractivity contribution in [2.45, 2.75) is 104 Å². The van der Waals surface area contributed by atoms with Gasteiger partial charge in [0.15, 0.2) is 0 Å². The summed E-state index contributed by atoms with van der Waals surface area (Å²) >= 11 is 4.90. The highest BCUT2D eigenvalue weighted by Crippen LogP contribution is 2.53. The van der Waals surface area contributed by atoms with E-state index in [1.807, 2.05) is 13.8 Å². The Balaban J connectivity index is 3.86. The number of halogens is 1. The van der Waals surface area contributed by atoms with Crippen LogP contribution in [0.15, 0.2) is 0 Å². The van der Waals surface area contributed by atoms with Crippen molar-refractivity contribution in [3.63, 3.8) is 0 Å². The summed E-state index contributed by atoms with van der Waals surface area (Å²) < 4.78 is 24.9. The Labute approximate surface area is 136 Å². The fourth-order valence-corrected chi connectivity index (χ4v) is 4.28. The predicted molar refractivity (Wildman–Crippen MR) is 94.0 cm³/mol. The van der Waals surface area contributed by atoms with Gasteiger partial charge >= 0.3 is 6.80 Å². The van der Waals surface area contributed by atoms with Gasteiger partial charge in [-0.15, -0.1) is 0 Å². The highest BCUT2D eigenvalue weighted by atomic mass is 32.5. The molecule has 0 N–H and O–H groups in total. The molecule has 0 aliphatic rings. The zero-order valence-corrected chi connectivity index (χ0v) is 16.0. The first-order valence-corrected chi connectivity index (χ1v) is 11.1. The number of unbranched alkanes of at least 4 members (excludes halogenated alkanes) is 6. The lowest BCUT2D eigenvalue weighted by Gasteiger charge is -2.22. The van der Waals surface area contributed by atoms with Crippen molar-refractivity contribution in [1.29, 1.82) is 0 Å². The van der Waals surface area contributed by atoms with Crippen LogP contribution in [0.3, 0.4) is 0 Å². The van der Waals surface area contributed by atoms with Gasteiger partial charge in [0.1, 0.15) is 0 Å². The summed E-state index contributed by atoms with van der Waals surface area (Å²) in [5.41, 5.74) is 0. The fourth-order valence-electron chi connectivity index (χ4n) is 2.28. The predicted octanol–water partition coefficient (Wildman–Crippen LogP) is 6.93. The van der Waals surface area contributed by atoms with Crippen molar-refractivity contribution in [2.75, 3.05) is 0 Å². The molecule has 0 rings (SSSR count). The van der Waals surface area contributed by atoms with Gasteiger partial charge in [-0.25, -0.2) is 0 Å². The first kappa shape index (κ1) is 21.5. The third-order valence-corrected chi connectivity index (χ3v) is 5.28. The van der Waals surface area contributed by atoms with Crippen LogP contribution in [0.5, 0.6) is 0 Å². The van der Waals surface area contributed by atoms with Crippen molar-refractivity contribution in [1.82, 2.24) is 0 Å². The summed E-state index contributed by atoms with van der Waals surface area (Å²) in [5, 5.41) is 0. The minimum Gasteiger partial charge on any atom is -0.302 e. The molecule has 2 unspecified atom stereocenters. The summed E-state index contributed by atoms with van der Waals surface area (Å²) in [6.07, 6.45) is 10.8. The number of hydrogen-bond donors (Lipinski definition) is 0. The van der Waals surface area contributed by atoms with Gasteiger partial charge < -0.3 is 9.05 Å². The Bertz CT molecular complexity index is 265. The molecular weight excluding hydrogens is 306 g/mol. The zero-order valence-electron chi connectivity index (χ0n) is 14.3. The second-order valence-electron chi connectivity index (χ2n) is 5.96. The van der Waals surface area contributed by atoms with Gasteiger partial charge in [0.2, 0.25) is 0 Å². The summed E-state index contributed by atoms with van der Waals surface area (Å²) in [4.78, 5) is 0. The van der Waals surface area contributed by atoms with Gasteiger partial charge in [-0.3, -0.25) is 0 Å². The summed E-state index contributed by atoms with van der Waals surface area (Å²) in [5.74, 6) is 0. The van der Waals surface area contributed by atoms with Crippen LogP contribution in [0.2, 0.25) is 0 Å². The first-order valence-electron chi connectivity index (χ1n) is 8.57. The maximum atomic E-state index is 14.2. The third kappa shape index (κ3) is 13.9. The van der Waals surface area contributed by atoms with E-state index in [2.05, 4.69) is 13.8 Å². The van der Waals surface area contributed by atoms with E-state index in [9.17, 15) is 4.20 Å². The molecule has 0 bridgehead atoms. The lowest BCUT2D eigenvalue weighted by Crippen LogP contribution is -2.10. The molecule has 0 aromatic carbocycles. The number of hydrogen-bond acceptors (Lipinski definition) is 3. The van der Waals surface area contributed by atoms with E-state index in [0.717, 1.165) is 25.7 Å². The molecule has 2 atom stereocenters. The van der Waals surface area contributed by atoms with E-state index in [1.54, 1.807) is 0 Å². The van der Waals surface area contributed by atoms with E-state index in [1.165, 1.54) is 38.5 Å². The molecule has 0 saturated heterocycles. The normalized spacial score (nSPS) is 17.4. The largest absolute Gasteiger partial charge is 0.366 e. The molecular formula is C16H34FO2PS. The van der Waals surface area contributed by atoms with Crippen molar-refractivity contribution >= 4 is 18.6 Å². The summed E-state index contributed by atoms with van der Waals surface area (Å²) in [7, 11) is 0. The van der Waals surface area contributed by atoms with E-state index in [0.29, 0.717) is 0 Å². The molecule has 0 aromatic heterocycles. The summed E-state index contributed by atoms with van der Waals surface area (Å²) in [6.45, 7) is 4.55. The molecule has 0 aliphatic heterocycles. The van der Waals surface area contributed by atoms with E-state index < -0.39 is 6.80 Å². The highest BCUT2D eigenvalue weighted by Gasteiger charge is 2.24. The Hall–Kier alpha value is 0.500. The van der Waals surface area contributed by atoms with Gasteiger partial charge in [0.05, 0.1) is 12.2 Å². The van der Waals surface area contributed by atoms with Crippen LogP contribution in [-0.2, 0) is 20.9 Å². The van der Waals surface area contributed by atoms with Gasteiger partial charge in [0.25, 0.3) is 0 Å². The highest BCUT2D eigenvalue weighted by molar-refractivity contribution is 8.07. The molecule has 0 aromatic rings. The van der Waals surface area contributed by atoms with Crippen LogP contribution in [-0.4, -0.2) is 12.2 Å². The average molecular weight is 340 g/mol. The summed E-state index contributed by atoms with van der Waals surface area (Å²) in [6, 6.07) is 0. The molecule has 0 radical (unpaired) electrons. The molecule has 5 heteroatoms. The Morgan fingerprint density at radius 3 is 1.52 bits per heavy atom. The molecule has 0 spiro atoms. The fraction of sp³-hybridized carbons (Fsp3) is 1.00. The molecule has 128 valence electrons. The standard InChI is InChI=1S/C16H34FO2PS/c1-5-7-9-11-13-15(3)18-20(17,21)19-16(4)14-12-10-8-6-2/h15-16H,5-14H2,1-4H3. The maximum Gasteiger partial charge on any atom is 0.366 e. The van der Waals surface area contributed by atoms with Crippen LogP contribution in [0, 0.1) is 0 Å². The monoisotopic (exact) mass is 340 g/mol. The smallest absolute Gasteiger partial charge is 0.302 e. The lowest BCUT2D eigenvalue weighted by atomic mass is 10.1. The van der Waals surface area contributed by atoms with E-state index in [4.69, 9.17) is 20.9 Å². The topological polar surface area (TPSA) is 18.5 Å². The van der Waals surface area contributed by atoms with Gasteiger partial charge in [-0.1, -0.05) is 65.2 Å². The second-order valence-corrected chi connectivity index (χ2v) is 8.55. The van der Waals surface area contributed by atoms with Crippen molar-refractivity contribution < 1.29 is 13.2 Å². The lowest BCUT2D eigenvalue weighted by molar-refractivity contribution is 0.127. The zero-order chi connectivity index (χ0) is 16.1. The van der Waals surface area contributed by atoms with Crippen molar-refractivity contribution in [3.05, 3.63) is 0 Å². The van der Waals surface area contributed by atoms with Crippen molar-refractivity contribution in [3.8, 4) is 0 Å². The van der Waals surface area contributed by atoms with Gasteiger partial charge in [-0.05, 0) is 38.5 Å². The Morgan fingerprint density at radius 2 is 1.19 bits per heavy atom. The maximum absolute atomic E-state index is 14.2. The van der Waals surface area contributed by atoms with Crippen LogP contribution < -0.4 is 0 Å². The SMILES string of the molecule is CCCCCCC(C)OP(F)(=S)OC(C)CCCCCC. The van der Waals surface area contributed by atoms with Crippen molar-refractivity contribution in [2.24, 2.45) is 0 Å². The Morgan fingerprint density at radius 1 is 0.810 bits per heavy atom. The van der Waals surface area contributed by atoms with Crippen LogP contribution in [0.1, 0.15) is 91.9 Å². The molecule has 0 saturated carbocycles. The quantitative estimate of drug-likeness (QED) is 0.252. The molecule has 0 amide bonds. The minimum atomic E-state index is -3.58. The molecule has 0 fully saturated rings. The second kappa shape index (κ2) is 13.0. The molecule has 0 heterocycles. The van der Waals surface area contributed by atoms with Crippen LogP contribution in [0.4, 0.5) is 4.20 Å². The van der Waals surface area contributed by atoms with Crippen LogP contribution >= 0.6 is 6.80 Å².